The van der Waals surface area contributed by atoms with Crippen molar-refractivity contribution in [2.45, 2.75) is 31.9 Å². The Balaban J connectivity index is 2.24. The average molecular weight is 261 g/mol. The highest BCUT2D eigenvalue weighted by Gasteiger charge is 2.31. The van der Waals surface area contributed by atoms with Gasteiger partial charge >= 0.3 is 6.18 Å². The number of nitrogens with zero attached hydrogens (tertiary/aromatic N) is 2. The van der Waals surface area contributed by atoms with Gasteiger partial charge in [-0.1, -0.05) is 0 Å². The molecule has 0 atom stereocenters. The topological polar surface area (TPSA) is 47.0 Å². The third kappa shape index (κ3) is 3.02. The van der Waals surface area contributed by atoms with Crippen LogP contribution in [-0.4, -0.2) is 29.8 Å². The molecule has 0 unspecified atom stereocenters. The van der Waals surface area contributed by atoms with E-state index in [0.717, 1.165) is 12.8 Å². The molecule has 1 aromatic rings. The monoisotopic (exact) mass is 261 g/mol. The second-order valence-electron chi connectivity index (χ2n) is 4.29. The standard InChI is InChI=1S/C11H14F3N3O/c1-6-8(15-2)16-9(7-3-4-7)17-10(6)18-5-11(12,13)14/h7H,3-5H2,1-2H3,(H,15,16,17). The second kappa shape index (κ2) is 4.62. The van der Waals surface area contributed by atoms with Crippen LogP contribution in [0.1, 0.15) is 30.1 Å². The van der Waals surface area contributed by atoms with E-state index in [-0.39, 0.29) is 11.8 Å². The minimum atomic E-state index is -4.36. The van der Waals surface area contributed by atoms with Gasteiger partial charge in [-0.25, -0.2) is 4.98 Å². The summed E-state index contributed by atoms with van der Waals surface area (Å²) in [6.45, 7) is 0.298. The number of hydrogen-bond acceptors (Lipinski definition) is 4. The molecule has 1 aromatic heterocycles. The Kier molecular flexibility index (Phi) is 3.32. The highest BCUT2D eigenvalue weighted by molar-refractivity contribution is 5.48. The highest BCUT2D eigenvalue weighted by atomic mass is 19.4. The molecule has 100 valence electrons. The van der Waals surface area contributed by atoms with Crippen molar-refractivity contribution < 1.29 is 17.9 Å². The fraction of sp³-hybridized carbons (Fsp3) is 0.636. The summed E-state index contributed by atoms with van der Waals surface area (Å²) in [6.07, 6.45) is -2.41. The third-order valence-corrected chi connectivity index (χ3v) is 2.67. The van der Waals surface area contributed by atoms with Crippen molar-refractivity contribution >= 4 is 5.82 Å². The normalized spacial score (nSPS) is 15.6. The summed E-state index contributed by atoms with van der Waals surface area (Å²) >= 11 is 0. The first kappa shape index (κ1) is 12.9. The van der Waals surface area contributed by atoms with E-state index < -0.39 is 12.8 Å². The lowest BCUT2D eigenvalue weighted by Gasteiger charge is -2.14. The number of nitrogens with one attached hydrogen (secondary N) is 1. The number of alkyl halides is 3. The van der Waals surface area contributed by atoms with E-state index in [1.807, 2.05) is 0 Å². The zero-order valence-corrected chi connectivity index (χ0v) is 10.1. The summed E-state index contributed by atoms with van der Waals surface area (Å²) in [5.74, 6) is 1.34. The average Bonchev–Trinajstić information content (AvgIpc) is 3.10. The maximum atomic E-state index is 12.1. The SMILES string of the molecule is CNc1nc(C2CC2)nc(OCC(F)(F)F)c1C. The van der Waals surface area contributed by atoms with Gasteiger partial charge in [0.25, 0.3) is 0 Å². The zero-order chi connectivity index (χ0) is 13.3. The quantitative estimate of drug-likeness (QED) is 0.905. The van der Waals surface area contributed by atoms with E-state index in [4.69, 9.17) is 4.74 Å². The van der Waals surface area contributed by atoms with Crippen molar-refractivity contribution in [3.8, 4) is 5.88 Å². The molecule has 2 rings (SSSR count). The van der Waals surface area contributed by atoms with Gasteiger partial charge in [-0.15, -0.1) is 0 Å². The number of rotatable bonds is 4. The molecule has 0 saturated heterocycles. The molecule has 0 radical (unpaired) electrons. The van der Waals surface area contributed by atoms with Crippen LogP contribution < -0.4 is 10.1 Å². The number of anilines is 1. The molecular formula is C11H14F3N3O. The molecule has 0 spiro atoms. The van der Waals surface area contributed by atoms with Gasteiger partial charge < -0.3 is 10.1 Å². The van der Waals surface area contributed by atoms with E-state index in [1.54, 1.807) is 14.0 Å². The Morgan fingerprint density at radius 3 is 2.50 bits per heavy atom. The Morgan fingerprint density at radius 1 is 1.33 bits per heavy atom. The predicted octanol–water partition coefficient (Wildman–Crippen LogP) is 2.65. The van der Waals surface area contributed by atoms with Gasteiger partial charge in [0.2, 0.25) is 5.88 Å². The van der Waals surface area contributed by atoms with Crippen molar-refractivity contribution in [1.82, 2.24) is 9.97 Å². The molecule has 7 heteroatoms. The molecule has 4 nitrogen and oxygen atoms in total. The van der Waals surface area contributed by atoms with Gasteiger partial charge in [0.1, 0.15) is 11.6 Å². The molecule has 0 aliphatic heterocycles. The second-order valence-corrected chi connectivity index (χ2v) is 4.29. The summed E-state index contributed by atoms with van der Waals surface area (Å²) in [5, 5.41) is 2.84. The molecule has 1 aliphatic rings. The van der Waals surface area contributed by atoms with E-state index in [1.165, 1.54) is 0 Å². The summed E-state index contributed by atoms with van der Waals surface area (Å²) in [7, 11) is 1.67. The van der Waals surface area contributed by atoms with Crippen LogP contribution in [0.15, 0.2) is 0 Å². The van der Waals surface area contributed by atoms with Crippen molar-refractivity contribution in [1.29, 1.82) is 0 Å². The van der Waals surface area contributed by atoms with Crippen molar-refractivity contribution in [2.75, 3.05) is 19.0 Å². The van der Waals surface area contributed by atoms with Crippen LogP contribution in [0.4, 0.5) is 19.0 Å². The van der Waals surface area contributed by atoms with Gasteiger partial charge in [-0.05, 0) is 19.8 Å². The molecule has 0 amide bonds. The first-order valence-electron chi connectivity index (χ1n) is 5.66. The van der Waals surface area contributed by atoms with Crippen molar-refractivity contribution in [3.63, 3.8) is 0 Å². The van der Waals surface area contributed by atoms with Crippen LogP contribution in [0.2, 0.25) is 0 Å². The zero-order valence-electron chi connectivity index (χ0n) is 10.1. The van der Waals surface area contributed by atoms with Crippen LogP contribution in [0.3, 0.4) is 0 Å². The minimum Gasteiger partial charge on any atom is -0.468 e. The molecule has 18 heavy (non-hydrogen) atoms. The van der Waals surface area contributed by atoms with Gasteiger partial charge in [-0.2, -0.15) is 18.2 Å². The Labute approximate surface area is 103 Å². The molecule has 0 bridgehead atoms. The molecule has 1 fully saturated rings. The third-order valence-electron chi connectivity index (χ3n) is 2.67. The lowest BCUT2D eigenvalue weighted by atomic mass is 10.3. The molecule has 0 aromatic carbocycles. The van der Waals surface area contributed by atoms with Gasteiger partial charge in [0, 0.05) is 13.0 Å². The number of aromatic nitrogens is 2. The molecule has 1 saturated carbocycles. The largest absolute Gasteiger partial charge is 0.468 e. The highest BCUT2D eigenvalue weighted by Crippen LogP contribution is 2.40. The number of hydrogen-bond donors (Lipinski definition) is 1. The van der Waals surface area contributed by atoms with Crippen molar-refractivity contribution in [3.05, 3.63) is 11.4 Å². The lowest BCUT2D eigenvalue weighted by molar-refractivity contribution is -0.154. The van der Waals surface area contributed by atoms with Gasteiger partial charge in [0.05, 0.1) is 5.56 Å². The molecule has 1 aliphatic carbocycles. The summed E-state index contributed by atoms with van der Waals surface area (Å²) in [6, 6.07) is 0. The van der Waals surface area contributed by atoms with Crippen LogP contribution in [0, 0.1) is 6.92 Å². The van der Waals surface area contributed by atoms with E-state index >= 15 is 0 Å². The number of halogens is 3. The van der Waals surface area contributed by atoms with Crippen molar-refractivity contribution in [2.24, 2.45) is 0 Å². The summed E-state index contributed by atoms with van der Waals surface area (Å²) in [5.41, 5.74) is 0.492. The van der Waals surface area contributed by atoms with E-state index in [9.17, 15) is 13.2 Å². The van der Waals surface area contributed by atoms with Gasteiger partial charge in [-0.3, -0.25) is 0 Å². The maximum absolute atomic E-state index is 12.1. The van der Waals surface area contributed by atoms with Crippen LogP contribution >= 0.6 is 0 Å². The molecule has 1 heterocycles. The number of ether oxygens (including phenoxy) is 1. The maximum Gasteiger partial charge on any atom is 0.422 e. The first-order valence-corrected chi connectivity index (χ1v) is 5.66. The fourth-order valence-corrected chi connectivity index (χ4v) is 1.57. The Bertz CT molecular complexity index is 444. The van der Waals surface area contributed by atoms with Gasteiger partial charge in [0.15, 0.2) is 6.61 Å². The Morgan fingerprint density at radius 2 is 2.00 bits per heavy atom. The molecular weight excluding hydrogens is 247 g/mol. The fourth-order valence-electron chi connectivity index (χ4n) is 1.57. The van der Waals surface area contributed by atoms with E-state index in [0.29, 0.717) is 17.2 Å². The Hall–Kier alpha value is -1.53. The first-order chi connectivity index (χ1) is 8.40. The smallest absolute Gasteiger partial charge is 0.422 e. The van der Waals surface area contributed by atoms with Crippen LogP contribution in [0.5, 0.6) is 5.88 Å². The molecule has 1 N–H and O–H groups in total. The summed E-state index contributed by atoms with van der Waals surface area (Å²) in [4.78, 5) is 8.35. The van der Waals surface area contributed by atoms with Crippen LogP contribution in [0.25, 0.3) is 0 Å². The minimum absolute atomic E-state index is 0.00794. The van der Waals surface area contributed by atoms with Crippen LogP contribution in [-0.2, 0) is 0 Å². The lowest BCUT2D eigenvalue weighted by Crippen LogP contribution is -2.20. The summed E-state index contributed by atoms with van der Waals surface area (Å²) < 4.78 is 41.2. The predicted molar refractivity (Wildman–Crippen MR) is 59.8 cm³/mol. The van der Waals surface area contributed by atoms with E-state index in [2.05, 4.69) is 15.3 Å².